The van der Waals surface area contributed by atoms with E-state index in [0.29, 0.717) is 18.1 Å². The minimum atomic E-state index is -0.158. The average Bonchev–Trinajstić information content (AvgIpc) is 3.33. The molecule has 2 heterocycles. The van der Waals surface area contributed by atoms with Gasteiger partial charge in [0.15, 0.2) is 16.5 Å². The van der Waals surface area contributed by atoms with Crippen molar-refractivity contribution in [3.63, 3.8) is 0 Å². The van der Waals surface area contributed by atoms with E-state index in [4.69, 9.17) is 4.42 Å². The Morgan fingerprint density at radius 2 is 1.96 bits per heavy atom. The molecule has 1 N–H and O–H groups in total. The molecule has 1 aliphatic carbocycles. The SMILES string of the molecule is CN(C)C1(CNC(=O)c2ccc(-c3nc4ccccc4s3)o2)CCCCC1. The van der Waals surface area contributed by atoms with Crippen LogP contribution in [-0.2, 0) is 0 Å². The predicted octanol–water partition coefficient (Wildman–Crippen LogP) is 4.55. The quantitative estimate of drug-likeness (QED) is 0.702. The summed E-state index contributed by atoms with van der Waals surface area (Å²) in [4.78, 5) is 19.5. The molecule has 1 aliphatic rings. The molecule has 0 atom stereocenters. The summed E-state index contributed by atoms with van der Waals surface area (Å²) in [7, 11) is 4.21. The number of amides is 1. The Labute approximate surface area is 163 Å². The summed E-state index contributed by atoms with van der Waals surface area (Å²) >= 11 is 1.57. The van der Waals surface area contributed by atoms with Crippen LogP contribution in [0, 0.1) is 0 Å². The van der Waals surface area contributed by atoms with Crippen molar-refractivity contribution in [3.05, 3.63) is 42.2 Å². The number of aromatic nitrogens is 1. The van der Waals surface area contributed by atoms with E-state index >= 15 is 0 Å². The number of nitrogens with one attached hydrogen (secondary N) is 1. The second-order valence-electron chi connectivity index (χ2n) is 7.51. The van der Waals surface area contributed by atoms with Gasteiger partial charge in [-0.2, -0.15) is 0 Å². The maximum atomic E-state index is 12.6. The number of fused-ring (bicyclic) bond motifs is 1. The Bertz CT molecular complexity index is 905. The second kappa shape index (κ2) is 7.44. The van der Waals surface area contributed by atoms with Crippen LogP contribution in [0.5, 0.6) is 0 Å². The Kier molecular flexibility index (Phi) is 5.02. The van der Waals surface area contributed by atoms with Gasteiger partial charge in [0.05, 0.1) is 10.2 Å². The van der Waals surface area contributed by atoms with Crippen LogP contribution < -0.4 is 5.32 Å². The van der Waals surface area contributed by atoms with Crippen molar-refractivity contribution in [2.45, 2.75) is 37.6 Å². The molecule has 1 saturated carbocycles. The molecule has 1 amide bonds. The van der Waals surface area contributed by atoms with E-state index in [9.17, 15) is 4.79 Å². The van der Waals surface area contributed by atoms with Crippen molar-refractivity contribution < 1.29 is 9.21 Å². The van der Waals surface area contributed by atoms with E-state index in [-0.39, 0.29) is 11.4 Å². The molecule has 0 radical (unpaired) electrons. The van der Waals surface area contributed by atoms with Crippen molar-refractivity contribution in [2.75, 3.05) is 20.6 Å². The Balaban J connectivity index is 1.47. The third-order valence-corrected chi connectivity index (χ3v) is 6.70. The summed E-state index contributed by atoms with van der Waals surface area (Å²) in [6.07, 6.45) is 5.96. The third kappa shape index (κ3) is 3.64. The van der Waals surface area contributed by atoms with Gasteiger partial charge in [0.2, 0.25) is 0 Å². The lowest BCUT2D eigenvalue weighted by atomic mass is 9.80. The predicted molar refractivity (Wildman–Crippen MR) is 109 cm³/mol. The minimum absolute atomic E-state index is 0.0519. The van der Waals surface area contributed by atoms with Gasteiger partial charge >= 0.3 is 0 Å². The van der Waals surface area contributed by atoms with Crippen LogP contribution in [-0.4, -0.2) is 42.0 Å². The number of hydrogen-bond acceptors (Lipinski definition) is 5. The van der Waals surface area contributed by atoms with Gasteiger partial charge in [-0.3, -0.25) is 4.79 Å². The van der Waals surface area contributed by atoms with E-state index < -0.39 is 0 Å². The summed E-state index contributed by atoms with van der Waals surface area (Å²) in [6.45, 7) is 0.649. The number of carbonyl (C=O) groups is 1. The molecule has 4 rings (SSSR count). The van der Waals surface area contributed by atoms with Crippen LogP contribution in [0.2, 0.25) is 0 Å². The van der Waals surface area contributed by atoms with E-state index in [1.807, 2.05) is 30.3 Å². The zero-order chi connectivity index (χ0) is 18.9. The first-order chi connectivity index (χ1) is 13.1. The molecule has 6 heteroatoms. The van der Waals surface area contributed by atoms with Crippen molar-refractivity contribution in [3.8, 4) is 10.8 Å². The molecule has 142 valence electrons. The highest BCUT2D eigenvalue weighted by Crippen LogP contribution is 2.33. The number of para-hydroxylation sites is 1. The van der Waals surface area contributed by atoms with E-state index in [1.54, 1.807) is 17.4 Å². The molecule has 0 aliphatic heterocycles. The average molecular weight is 384 g/mol. The van der Waals surface area contributed by atoms with E-state index in [2.05, 4.69) is 29.3 Å². The largest absolute Gasteiger partial charge is 0.448 e. The van der Waals surface area contributed by atoms with Gasteiger partial charge in [0.25, 0.3) is 5.91 Å². The summed E-state index contributed by atoms with van der Waals surface area (Å²) in [5, 5.41) is 3.89. The topological polar surface area (TPSA) is 58.4 Å². The fourth-order valence-corrected chi connectivity index (χ4v) is 4.80. The lowest BCUT2D eigenvalue weighted by Gasteiger charge is -2.43. The Morgan fingerprint density at radius 3 is 2.70 bits per heavy atom. The van der Waals surface area contributed by atoms with Crippen molar-refractivity contribution in [1.29, 1.82) is 0 Å². The van der Waals surface area contributed by atoms with Crippen molar-refractivity contribution in [1.82, 2.24) is 15.2 Å². The zero-order valence-electron chi connectivity index (χ0n) is 15.8. The molecule has 0 bridgehead atoms. The van der Waals surface area contributed by atoms with Crippen molar-refractivity contribution in [2.24, 2.45) is 0 Å². The van der Waals surface area contributed by atoms with Crippen LogP contribution in [0.1, 0.15) is 42.7 Å². The standard InChI is InChI=1S/C21H25N3O2S/c1-24(2)21(12-6-3-7-13-21)14-22-19(25)16-10-11-17(26-16)20-23-15-8-4-5-9-18(15)27-20/h4-5,8-11H,3,6-7,12-14H2,1-2H3,(H,22,25). The molecule has 0 unspecified atom stereocenters. The molecule has 1 aromatic carbocycles. The monoisotopic (exact) mass is 383 g/mol. The van der Waals surface area contributed by atoms with Gasteiger partial charge in [-0.05, 0) is 51.2 Å². The minimum Gasteiger partial charge on any atom is -0.448 e. The molecule has 3 aromatic rings. The van der Waals surface area contributed by atoms with Gasteiger partial charge < -0.3 is 14.6 Å². The molecule has 1 fully saturated rings. The highest BCUT2D eigenvalue weighted by Gasteiger charge is 2.34. The van der Waals surface area contributed by atoms with Crippen LogP contribution in [0.4, 0.5) is 0 Å². The molecular weight excluding hydrogens is 358 g/mol. The first kappa shape index (κ1) is 18.2. The number of nitrogens with zero attached hydrogens (tertiary/aromatic N) is 2. The van der Waals surface area contributed by atoms with Crippen LogP contribution in [0.25, 0.3) is 21.0 Å². The molecule has 5 nitrogen and oxygen atoms in total. The third-order valence-electron chi connectivity index (χ3n) is 5.65. The summed E-state index contributed by atoms with van der Waals surface area (Å²) in [5.74, 6) is 0.824. The fourth-order valence-electron chi connectivity index (χ4n) is 3.88. The first-order valence-electron chi connectivity index (χ1n) is 9.49. The number of furan rings is 1. The molecule has 27 heavy (non-hydrogen) atoms. The highest BCUT2D eigenvalue weighted by atomic mass is 32.1. The normalized spacial score (nSPS) is 16.7. The summed E-state index contributed by atoms with van der Waals surface area (Å²) < 4.78 is 6.93. The molecular formula is C21H25N3O2S. The molecule has 0 saturated heterocycles. The second-order valence-corrected chi connectivity index (χ2v) is 8.54. The van der Waals surface area contributed by atoms with E-state index in [1.165, 1.54) is 19.3 Å². The Morgan fingerprint density at radius 1 is 1.19 bits per heavy atom. The number of thiazole rings is 1. The highest BCUT2D eigenvalue weighted by molar-refractivity contribution is 7.21. The smallest absolute Gasteiger partial charge is 0.287 e. The number of carbonyl (C=O) groups excluding carboxylic acids is 1. The molecule has 2 aromatic heterocycles. The number of likely N-dealkylation sites (N-methyl/N-ethyl adjacent to an activating group) is 1. The Hall–Kier alpha value is -2.18. The van der Waals surface area contributed by atoms with Crippen molar-refractivity contribution >= 4 is 27.5 Å². The van der Waals surface area contributed by atoms with Gasteiger partial charge in [-0.15, -0.1) is 11.3 Å². The van der Waals surface area contributed by atoms with E-state index in [0.717, 1.165) is 28.1 Å². The number of benzene rings is 1. The summed E-state index contributed by atoms with van der Waals surface area (Å²) in [6, 6.07) is 11.6. The van der Waals surface area contributed by atoms with Gasteiger partial charge in [0, 0.05) is 12.1 Å². The summed E-state index contributed by atoms with van der Waals surface area (Å²) in [5.41, 5.74) is 1.00. The zero-order valence-corrected chi connectivity index (χ0v) is 16.6. The van der Waals surface area contributed by atoms with Crippen LogP contribution >= 0.6 is 11.3 Å². The number of rotatable bonds is 5. The maximum Gasteiger partial charge on any atom is 0.287 e. The first-order valence-corrected chi connectivity index (χ1v) is 10.3. The van der Waals surface area contributed by atoms with Gasteiger partial charge in [-0.1, -0.05) is 31.4 Å². The maximum absolute atomic E-state index is 12.6. The van der Waals surface area contributed by atoms with Crippen LogP contribution in [0.15, 0.2) is 40.8 Å². The molecule has 0 spiro atoms. The van der Waals surface area contributed by atoms with Gasteiger partial charge in [-0.25, -0.2) is 4.98 Å². The van der Waals surface area contributed by atoms with Crippen LogP contribution in [0.3, 0.4) is 0 Å². The lowest BCUT2D eigenvalue weighted by molar-refractivity contribution is 0.0780. The lowest BCUT2D eigenvalue weighted by Crippen LogP contribution is -2.53. The van der Waals surface area contributed by atoms with Gasteiger partial charge in [0.1, 0.15) is 0 Å². The fraction of sp³-hybridized carbons (Fsp3) is 0.429. The number of hydrogen-bond donors (Lipinski definition) is 1.